The fourth-order valence-corrected chi connectivity index (χ4v) is 5.42. The van der Waals surface area contributed by atoms with Crippen LogP contribution in [0.25, 0.3) is 0 Å². The lowest BCUT2D eigenvalue weighted by molar-refractivity contribution is -0.144. The summed E-state index contributed by atoms with van der Waals surface area (Å²) >= 11 is 5.72. The van der Waals surface area contributed by atoms with Gasteiger partial charge in [-0.2, -0.15) is 4.31 Å². The molecule has 2 atom stereocenters. The fraction of sp³-hybridized carbons (Fsp3) is 0.350. The lowest BCUT2D eigenvalue weighted by Gasteiger charge is -2.42. The Labute approximate surface area is 184 Å². The molecule has 11 heteroatoms. The molecule has 1 heterocycles. The van der Waals surface area contributed by atoms with Gasteiger partial charge >= 0.3 is 0 Å². The number of halogens is 2. The van der Waals surface area contributed by atoms with E-state index in [0.29, 0.717) is 12.2 Å². The van der Waals surface area contributed by atoms with Crippen LogP contribution in [-0.2, 0) is 21.4 Å². The summed E-state index contributed by atoms with van der Waals surface area (Å²) in [6, 6.07) is 8.10. The standard InChI is InChI=1S/C20H22ClFN2O6S/c1-20(26)9-2-10-24(18(20)19(25)23-27)31(28,29)16-7-5-15(6-8-16)30-12-13-3-4-14(21)11-17(13)22/h3-8,11,18,26-27H,2,9-10,12H2,1H3,(H,23,25). The topological polar surface area (TPSA) is 116 Å². The molecular formula is C20H22ClFN2O6S. The number of hydroxylamine groups is 1. The number of piperidine rings is 1. The van der Waals surface area contributed by atoms with Crippen molar-refractivity contribution in [3.63, 3.8) is 0 Å². The highest BCUT2D eigenvalue weighted by atomic mass is 35.5. The van der Waals surface area contributed by atoms with E-state index in [9.17, 15) is 22.7 Å². The Kier molecular flexibility index (Phi) is 6.87. The summed E-state index contributed by atoms with van der Waals surface area (Å²) in [4.78, 5) is 12.0. The Morgan fingerprint density at radius 3 is 2.61 bits per heavy atom. The van der Waals surface area contributed by atoms with Crippen molar-refractivity contribution in [2.24, 2.45) is 0 Å². The van der Waals surface area contributed by atoms with E-state index in [1.54, 1.807) is 0 Å². The third-order valence-electron chi connectivity index (χ3n) is 5.14. The minimum absolute atomic E-state index is 0.00463. The van der Waals surface area contributed by atoms with Gasteiger partial charge in [-0.05, 0) is 56.2 Å². The van der Waals surface area contributed by atoms with E-state index in [2.05, 4.69) is 0 Å². The molecule has 2 unspecified atom stereocenters. The average Bonchev–Trinajstić information content (AvgIpc) is 2.72. The molecule has 31 heavy (non-hydrogen) atoms. The van der Waals surface area contributed by atoms with Gasteiger partial charge in [0.2, 0.25) is 10.0 Å². The van der Waals surface area contributed by atoms with E-state index >= 15 is 0 Å². The number of aliphatic hydroxyl groups is 1. The van der Waals surface area contributed by atoms with Crippen LogP contribution in [0.2, 0.25) is 5.02 Å². The van der Waals surface area contributed by atoms with Crippen molar-refractivity contribution in [1.29, 1.82) is 0 Å². The molecule has 168 valence electrons. The Bertz CT molecular complexity index is 1060. The molecular weight excluding hydrogens is 451 g/mol. The largest absolute Gasteiger partial charge is 0.489 e. The zero-order valence-electron chi connectivity index (χ0n) is 16.6. The first kappa shape index (κ1) is 23.4. The van der Waals surface area contributed by atoms with Gasteiger partial charge in [0.1, 0.15) is 24.2 Å². The highest BCUT2D eigenvalue weighted by Crippen LogP contribution is 2.32. The second-order valence-corrected chi connectivity index (χ2v) is 9.78. The number of nitrogens with zero attached hydrogens (tertiary/aromatic N) is 1. The minimum atomic E-state index is -4.16. The number of hydrogen-bond acceptors (Lipinski definition) is 6. The summed E-state index contributed by atoms with van der Waals surface area (Å²) in [5, 5.41) is 19.8. The molecule has 0 aliphatic carbocycles. The summed E-state index contributed by atoms with van der Waals surface area (Å²) in [5.41, 5.74) is 0.0669. The second kappa shape index (κ2) is 9.09. The van der Waals surface area contributed by atoms with Crippen LogP contribution in [-0.4, -0.2) is 47.1 Å². The molecule has 0 radical (unpaired) electrons. The van der Waals surface area contributed by atoms with E-state index in [4.69, 9.17) is 21.5 Å². The average molecular weight is 473 g/mol. The summed E-state index contributed by atoms with van der Waals surface area (Å²) in [6.45, 7) is 1.27. The fourth-order valence-electron chi connectivity index (χ4n) is 3.55. The Balaban J connectivity index is 1.79. The quantitative estimate of drug-likeness (QED) is 0.439. The number of ether oxygens (including phenoxy) is 1. The van der Waals surface area contributed by atoms with E-state index in [1.807, 2.05) is 0 Å². The number of rotatable bonds is 6. The van der Waals surface area contributed by atoms with Crippen LogP contribution in [0.15, 0.2) is 47.4 Å². The van der Waals surface area contributed by atoms with Crippen LogP contribution < -0.4 is 10.2 Å². The number of carbonyl (C=O) groups excluding carboxylic acids is 1. The molecule has 3 N–H and O–H groups in total. The Morgan fingerprint density at radius 2 is 2.00 bits per heavy atom. The van der Waals surface area contributed by atoms with Gasteiger partial charge in [0.15, 0.2) is 0 Å². The van der Waals surface area contributed by atoms with Crippen molar-refractivity contribution in [1.82, 2.24) is 9.79 Å². The maximum atomic E-state index is 13.9. The maximum absolute atomic E-state index is 13.9. The highest BCUT2D eigenvalue weighted by Gasteiger charge is 2.49. The van der Waals surface area contributed by atoms with Crippen molar-refractivity contribution in [2.75, 3.05) is 6.54 Å². The Hall–Kier alpha value is -2.24. The predicted octanol–water partition coefficient (Wildman–Crippen LogP) is 2.47. The zero-order chi connectivity index (χ0) is 22.8. The summed E-state index contributed by atoms with van der Waals surface area (Å²) in [6.07, 6.45) is 0.542. The lowest BCUT2D eigenvalue weighted by Crippen LogP contribution is -2.62. The smallest absolute Gasteiger partial charge is 0.264 e. The molecule has 1 aliphatic rings. The number of sulfonamides is 1. The SMILES string of the molecule is CC1(O)CCCN(S(=O)(=O)c2ccc(OCc3ccc(Cl)cc3F)cc2)C1C(=O)NO. The number of hydrogen-bond donors (Lipinski definition) is 3. The third kappa shape index (κ3) is 4.99. The molecule has 0 saturated carbocycles. The normalized spacial score (nSPS) is 22.2. The zero-order valence-corrected chi connectivity index (χ0v) is 18.2. The van der Waals surface area contributed by atoms with Crippen molar-refractivity contribution < 1.29 is 32.7 Å². The van der Waals surface area contributed by atoms with Crippen molar-refractivity contribution in [2.45, 2.75) is 42.9 Å². The Morgan fingerprint density at radius 1 is 1.32 bits per heavy atom. The summed E-state index contributed by atoms with van der Waals surface area (Å²) < 4.78 is 46.5. The van der Waals surface area contributed by atoms with Gasteiger partial charge in [0.05, 0.1) is 10.5 Å². The number of nitrogens with one attached hydrogen (secondary N) is 1. The first-order valence-electron chi connectivity index (χ1n) is 9.41. The molecule has 1 amide bonds. The molecule has 2 aromatic carbocycles. The predicted molar refractivity (Wildman–Crippen MR) is 110 cm³/mol. The van der Waals surface area contributed by atoms with Gasteiger partial charge in [-0.15, -0.1) is 0 Å². The monoisotopic (exact) mass is 472 g/mol. The number of amides is 1. The number of benzene rings is 2. The van der Waals surface area contributed by atoms with Gasteiger partial charge < -0.3 is 9.84 Å². The minimum Gasteiger partial charge on any atom is -0.489 e. The van der Waals surface area contributed by atoms with E-state index in [1.165, 1.54) is 54.9 Å². The van der Waals surface area contributed by atoms with Gasteiger partial charge in [-0.25, -0.2) is 18.3 Å². The molecule has 3 rings (SSSR count). The van der Waals surface area contributed by atoms with E-state index in [0.717, 1.165) is 4.31 Å². The van der Waals surface area contributed by atoms with Crippen LogP contribution >= 0.6 is 11.6 Å². The van der Waals surface area contributed by atoms with Gasteiger partial charge in [0.25, 0.3) is 5.91 Å². The third-order valence-corrected chi connectivity index (χ3v) is 7.25. The molecule has 1 saturated heterocycles. The van der Waals surface area contributed by atoms with E-state index in [-0.39, 0.29) is 35.1 Å². The van der Waals surface area contributed by atoms with Gasteiger partial charge in [0, 0.05) is 17.1 Å². The number of carbonyl (C=O) groups is 1. The summed E-state index contributed by atoms with van der Waals surface area (Å²) in [7, 11) is -4.16. The molecule has 0 bridgehead atoms. The van der Waals surface area contributed by atoms with Crippen molar-refractivity contribution in [3.8, 4) is 5.75 Å². The molecule has 1 aliphatic heterocycles. The van der Waals surface area contributed by atoms with Gasteiger partial charge in [-0.1, -0.05) is 17.7 Å². The van der Waals surface area contributed by atoms with Crippen LogP contribution in [0.1, 0.15) is 25.3 Å². The first-order valence-corrected chi connectivity index (χ1v) is 11.2. The molecule has 8 nitrogen and oxygen atoms in total. The second-order valence-electron chi connectivity index (χ2n) is 7.45. The highest BCUT2D eigenvalue weighted by molar-refractivity contribution is 7.89. The van der Waals surface area contributed by atoms with Crippen LogP contribution in [0, 0.1) is 5.82 Å². The molecule has 0 aromatic heterocycles. The van der Waals surface area contributed by atoms with E-state index < -0.39 is 33.4 Å². The maximum Gasteiger partial charge on any atom is 0.264 e. The molecule has 0 spiro atoms. The van der Waals surface area contributed by atoms with Crippen LogP contribution in [0.3, 0.4) is 0 Å². The lowest BCUT2D eigenvalue weighted by atomic mass is 9.87. The first-order chi connectivity index (χ1) is 14.6. The van der Waals surface area contributed by atoms with Crippen molar-refractivity contribution in [3.05, 3.63) is 58.9 Å². The molecule has 2 aromatic rings. The molecule has 1 fully saturated rings. The summed E-state index contributed by atoms with van der Waals surface area (Å²) in [5.74, 6) is -1.22. The van der Waals surface area contributed by atoms with Crippen molar-refractivity contribution >= 4 is 27.5 Å². The van der Waals surface area contributed by atoms with Gasteiger partial charge in [-0.3, -0.25) is 10.0 Å². The van der Waals surface area contributed by atoms with Crippen LogP contribution in [0.4, 0.5) is 4.39 Å². The van der Waals surface area contributed by atoms with Crippen LogP contribution in [0.5, 0.6) is 5.75 Å².